The maximum Gasteiger partial charge on any atom is 0.433 e. The van der Waals surface area contributed by atoms with Crippen molar-refractivity contribution in [3.8, 4) is 0 Å². The number of hydrogen-bond acceptors (Lipinski definition) is 6. The summed E-state index contributed by atoms with van der Waals surface area (Å²) in [6.07, 6.45) is -2.16. The molecule has 2 saturated heterocycles. The van der Waals surface area contributed by atoms with Crippen molar-refractivity contribution in [1.29, 1.82) is 0 Å². The largest absolute Gasteiger partial charge is 0.433 e. The van der Waals surface area contributed by atoms with Crippen molar-refractivity contribution in [3.63, 3.8) is 0 Å². The molecule has 3 heterocycles. The molecule has 3 rings (SSSR count). The van der Waals surface area contributed by atoms with Crippen LogP contribution in [0.3, 0.4) is 0 Å². The van der Waals surface area contributed by atoms with Crippen LogP contribution < -0.4 is 10.6 Å². The number of carbonyl (C=O) groups excluding carboxylic acids is 1. The fraction of sp³-hybridized carbons (Fsp3) is 0.667. The zero-order valence-corrected chi connectivity index (χ0v) is 15.2. The molecule has 0 bridgehead atoms. The quantitative estimate of drug-likeness (QED) is 0.782. The van der Waals surface area contributed by atoms with Crippen molar-refractivity contribution < 1.29 is 26.4 Å². The van der Waals surface area contributed by atoms with Crippen LogP contribution in [-0.4, -0.2) is 66.0 Å². The molecular formula is C15H20F3N5O3S. The van der Waals surface area contributed by atoms with Gasteiger partial charge >= 0.3 is 12.2 Å². The first-order chi connectivity index (χ1) is 12.6. The molecule has 2 aliphatic heterocycles. The standard InChI is InChI=1S/C15H20F3N5O3S/c16-15(17,18)12-7-13(20-9-19-12)21-10-1-4-23(5-2-10)14(24)22-11-3-6-27(25,26)8-11/h7,9-11H,1-6,8H2,(H,22,24)(H,19,20,21). The molecule has 0 spiro atoms. The maximum atomic E-state index is 12.7. The molecule has 0 aliphatic carbocycles. The minimum atomic E-state index is -4.53. The van der Waals surface area contributed by atoms with Gasteiger partial charge < -0.3 is 15.5 Å². The van der Waals surface area contributed by atoms with Crippen molar-refractivity contribution in [2.75, 3.05) is 29.9 Å². The monoisotopic (exact) mass is 407 g/mol. The molecule has 2 aliphatic rings. The third-order valence-electron chi connectivity index (χ3n) is 4.65. The Balaban J connectivity index is 1.48. The summed E-state index contributed by atoms with van der Waals surface area (Å²) < 4.78 is 61.0. The third kappa shape index (κ3) is 5.21. The van der Waals surface area contributed by atoms with Gasteiger partial charge in [0.05, 0.1) is 11.5 Å². The second-order valence-electron chi connectivity index (χ2n) is 6.74. The number of carbonyl (C=O) groups is 1. The van der Waals surface area contributed by atoms with E-state index in [0.29, 0.717) is 32.4 Å². The number of nitrogens with zero attached hydrogens (tertiary/aromatic N) is 3. The van der Waals surface area contributed by atoms with Crippen LogP contribution in [0, 0.1) is 0 Å². The van der Waals surface area contributed by atoms with Gasteiger partial charge in [0.1, 0.15) is 17.8 Å². The highest BCUT2D eigenvalue weighted by atomic mass is 32.2. The van der Waals surface area contributed by atoms with Crippen LogP contribution in [0.4, 0.5) is 23.8 Å². The molecule has 0 aromatic carbocycles. The zero-order valence-electron chi connectivity index (χ0n) is 14.4. The number of hydrogen-bond donors (Lipinski definition) is 2. The van der Waals surface area contributed by atoms with E-state index < -0.39 is 21.7 Å². The van der Waals surface area contributed by atoms with Gasteiger partial charge in [0.2, 0.25) is 0 Å². The van der Waals surface area contributed by atoms with Crippen LogP contribution in [0.1, 0.15) is 25.0 Å². The fourth-order valence-electron chi connectivity index (χ4n) is 3.20. The number of anilines is 1. The summed E-state index contributed by atoms with van der Waals surface area (Å²) in [6, 6.07) is 0.0774. The Morgan fingerprint density at radius 3 is 2.44 bits per heavy atom. The summed E-state index contributed by atoms with van der Waals surface area (Å²) in [7, 11) is -3.06. The summed E-state index contributed by atoms with van der Waals surface area (Å²) in [6.45, 7) is 0.834. The highest BCUT2D eigenvalue weighted by molar-refractivity contribution is 7.91. The van der Waals surface area contributed by atoms with E-state index in [-0.39, 0.29) is 35.4 Å². The summed E-state index contributed by atoms with van der Waals surface area (Å²) in [5, 5.41) is 5.68. The van der Waals surface area contributed by atoms with E-state index in [1.807, 2.05) is 0 Å². The van der Waals surface area contributed by atoms with Gasteiger partial charge in [-0.05, 0) is 19.3 Å². The molecule has 2 amide bonds. The molecule has 150 valence electrons. The van der Waals surface area contributed by atoms with Gasteiger partial charge in [-0.25, -0.2) is 23.2 Å². The molecule has 2 N–H and O–H groups in total. The smallest absolute Gasteiger partial charge is 0.367 e. The molecule has 12 heteroatoms. The van der Waals surface area contributed by atoms with Gasteiger partial charge in [-0.15, -0.1) is 0 Å². The molecule has 2 fully saturated rings. The van der Waals surface area contributed by atoms with Crippen molar-refractivity contribution >= 4 is 21.7 Å². The predicted octanol–water partition coefficient (Wildman–Crippen LogP) is 1.27. The van der Waals surface area contributed by atoms with Crippen LogP contribution >= 0.6 is 0 Å². The molecule has 0 radical (unpaired) electrons. The van der Waals surface area contributed by atoms with E-state index in [2.05, 4.69) is 20.6 Å². The number of piperidine rings is 1. The van der Waals surface area contributed by atoms with Gasteiger partial charge in [-0.3, -0.25) is 0 Å². The number of urea groups is 1. The van der Waals surface area contributed by atoms with Crippen molar-refractivity contribution in [3.05, 3.63) is 18.1 Å². The Morgan fingerprint density at radius 2 is 1.85 bits per heavy atom. The summed E-state index contributed by atoms with van der Waals surface area (Å²) in [5.41, 5.74) is -1.01. The highest BCUT2D eigenvalue weighted by Crippen LogP contribution is 2.28. The predicted molar refractivity (Wildman–Crippen MR) is 90.8 cm³/mol. The Labute approximate surface area is 154 Å². The number of alkyl halides is 3. The van der Waals surface area contributed by atoms with Crippen LogP contribution in [-0.2, 0) is 16.0 Å². The van der Waals surface area contributed by atoms with Gasteiger partial charge in [-0.1, -0.05) is 0 Å². The number of amides is 2. The lowest BCUT2D eigenvalue weighted by atomic mass is 10.1. The second-order valence-corrected chi connectivity index (χ2v) is 8.97. The number of halogens is 3. The van der Waals surface area contributed by atoms with E-state index in [4.69, 9.17) is 0 Å². The van der Waals surface area contributed by atoms with Gasteiger partial charge in [0.15, 0.2) is 9.84 Å². The summed E-state index contributed by atoms with van der Waals surface area (Å²) >= 11 is 0. The maximum absolute atomic E-state index is 12.7. The summed E-state index contributed by atoms with van der Waals surface area (Å²) in [5.74, 6) is 0.144. The number of sulfone groups is 1. The second kappa shape index (κ2) is 7.49. The molecule has 0 saturated carbocycles. The van der Waals surface area contributed by atoms with Gasteiger partial charge in [0, 0.05) is 31.2 Å². The Morgan fingerprint density at radius 1 is 1.15 bits per heavy atom. The first-order valence-electron chi connectivity index (χ1n) is 8.54. The third-order valence-corrected chi connectivity index (χ3v) is 6.42. The van der Waals surface area contributed by atoms with Crippen molar-refractivity contribution in [2.24, 2.45) is 0 Å². The van der Waals surface area contributed by atoms with Gasteiger partial charge in [0.25, 0.3) is 0 Å². The topological polar surface area (TPSA) is 104 Å². The first kappa shape index (κ1) is 19.6. The molecule has 1 aromatic rings. The molecule has 1 unspecified atom stereocenters. The molecule has 8 nitrogen and oxygen atoms in total. The van der Waals surface area contributed by atoms with E-state index in [1.54, 1.807) is 4.90 Å². The molecule has 27 heavy (non-hydrogen) atoms. The fourth-order valence-corrected chi connectivity index (χ4v) is 4.88. The number of nitrogens with one attached hydrogen (secondary N) is 2. The van der Waals surface area contributed by atoms with E-state index in [9.17, 15) is 26.4 Å². The number of rotatable bonds is 3. The van der Waals surface area contributed by atoms with Gasteiger partial charge in [-0.2, -0.15) is 13.2 Å². The Kier molecular flexibility index (Phi) is 5.45. The minimum absolute atomic E-state index is 0.0357. The lowest BCUT2D eigenvalue weighted by Crippen LogP contribution is -2.49. The number of likely N-dealkylation sites (tertiary alicyclic amines) is 1. The minimum Gasteiger partial charge on any atom is -0.367 e. The Bertz CT molecular complexity index is 794. The van der Waals surface area contributed by atoms with Crippen LogP contribution in [0.25, 0.3) is 0 Å². The molecular weight excluding hydrogens is 387 g/mol. The van der Waals surface area contributed by atoms with E-state index in [0.717, 1.165) is 12.4 Å². The summed E-state index contributed by atoms with van der Waals surface area (Å²) in [4.78, 5) is 20.9. The molecule has 1 aromatic heterocycles. The molecule has 1 atom stereocenters. The average Bonchev–Trinajstić information content (AvgIpc) is 2.93. The van der Waals surface area contributed by atoms with Crippen molar-refractivity contribution in [1.82, 2.24) is 20.2 Å². The van der Waals surface area contributed by atoms with Crippen LogP contribution in [0.5, 0.6) is 0 Å². The van der Waals surface area contributed by atoms with Crippen molar-refractivity contribution in [2.45, 2.75) is 37.5 Å². The van der Waals surface area contributed by atoms with Crippen LogP contribution in [0.15, 0.2) is 12.4 Å². The van der Waals surface area contributed by atoms with Crippen LogP contribution in [0.2, 0.25) is 0 Å². The lowest BCUT2D eigenvalue weighted by molar-refractivity contribution is -0.141. The number of aromatic nitrogens is 2. The SMILES string of the molecule is O=C(NC1CCS(=O)(=O)C1)N1CCC(Nc2cc(C(F)(F)F)ncn2)CC1. The normalized spacial score (nSPS) is 23.2. The lowest BCUT2D eigenvalue weighted by Gasteiger charge is -2.33. The van der Waals surface area contributed by atoms with E-state index in [1.165, 1.54) is 0 Å². The Hall–Kier alpha value is -2.11. The zero-order chi connectivity index (χ0) is 19.7. The first-order valence-corrected chi connectivity index (χ1v) is 10.4. The van der Waals surface area contributed by atoms with E-state index >= 15 is 0 Å². The highest BCUT2D eigenvalue weighted by Gasteiger charge is 2.33. The average molecular weight is 407 g/mol.